The summed E-state index contributed by atoms with van der Waals surface area (Å²) in [5.41, 5.74) is 1.11. The number of allylic oxidation sites excluding steroid dienone is 2. The first-order valence-electron chi connectivity index (χ1n) is 9.01. The minimum Gasteiger partial charge on any atom is -0.458 e. The van der Waals surface area contributed by atoms with Gasteiger partial charge in [0.2, 0.25) is 0 Å². The summed E-state index contributed by atoms with van der Waals surface area (Å²) in [6, 6.07) is 0. The van der Waals surface area contributed by atoms with Gasteiger partial charge in [0.1, 0.15) is 17.8 Å². The third-order valence-corrected chi connectivity index (χ3v) is 5.65. The Balaban J connectivity index is 1.97. The van der Waals surface area contributed by atoms with Crippen molar-refractivity contribution in [3.63, 3.8) is 0 Å². The minimum atomic E-state index is -0.733. The van der Waals surface area contributed by atoms with E-state index >= 15 is 0 Å². The van der Waals surface area contributed by atoms with E-state index in [0.29, 0.717) is 17.6 Å². The third kappa shape index (κ3) is 3.35. The number of aliphatic hydroxyl groups excluding tert-OH is 1. The smallest absolute Gasteiger partial charge is 0.334 e. The molecule has 142 valence electrons. The third-order valence-electron chi connectivity index (χ3n) is 5.65. The summed E-state index contributed by atoms with van der Waals surface area (Å²) in [5.74, 6) is -1.41. The lowest BCUT2D eigenvalue weighted by Crippen LogP contribution is -2.39. The van der Waals surface area contributed by atoms with E-state index < -0.39 is 35.7 Å². The molecule has 0 amide bonds. The topological polar surface area (TPSA) is 85.4 Å². The van der Waals surface area contributed by atoms with Gasteiger partial charge in [0, 0.05) is 17.6 Å². The van der Waals surface area contributed by atoms with Crippen LogP contribution in [0.1, 0.15) is 40.0 Å². The zero-order valence-corrected chi connectivity index (χ0v) is 15.5. The Morgan fingerprint density at radius 2 is 2.27 bits per heavy atom. The summed E-state index contributed by atoms with van der Waals surface area (Å²) in [6.07, 6.45) is 4.19. The van der Waals surface area contributed by atoms with Gasteiger partial charge >= 0.3 is 11.9 Å². The average Bonchev–Trinajstić information content (AvgIpc) is 3.23. The molecule has 3 aliphatic rings. The van der Waals surface area contributed by atoms with Crippen molar-refractivity contribution < 1.29 is 28.9 Å². The second-order valence-electron chi connectivity index (χ2n) is 7.42. The van der Waals surface area contributed by atoms with Crippen molar-refractivity contribution in [2.24, 2.45) is 5.92 Å². The number of esters is 2. The van der Waals surface area contributed by atoms with E-state index in [1.165, 1.54) is 0 Å². The van der Waals surface area contributed by atoms with Crippen LogP contribution in [-0.4, -0.2) is 47.6 Å². The van der Waals surface area contributed by atoms with Gasteiger partial charge in [-0.15, -0.1) is 0 Å². The van der Waals surface area contributed by atoms with Crippen molar-refractivity contribution >= 4 is 11.9 Å². The lowest BCUT2D eigenvalue weighted by atomic mass is 9.82. The van der Waals surface area contributed by atoms with E-state index in [2.05, 4.69) is 6.58 Å². The summed E-state index contributed by atoms with van der Waals surface area (Å²) in [4.78, 5) is 24.5. The Bertz CT molecular complexity index is 690. The number of rotatable bonds is 3. The van der Waals surface area contributed by atoms with E-state index in [9.17, 15) is 14.7 Å². The SMILES string of the molecule is C=C1C(=O)O[C@@H]2/C=C(\C)CC[C@H]3O[C@@]3(CO)C[C@@H](OC(=O)/C(C)=C\C)[C@@H]12. The van der Waals surface area contributed by atoms with E-state index in [-0.39, 0.29) is 12.7 Å². The predicted molar refractivity (Wildman–Crippen MR) is 94.1 cm³/mol. The molecule has 2 fully saturated rings. The molecule has 6 heteroatoms. The van der Waals surface area contributed by atoms with Crippen molar-refractivity contribution in [2.75, 3.05) is 6.61 Å². The largest absolute Gasteiger partial charge is 0.458 e. The number of fused-ring (bicyclic) bond motifs is 2. The van der Waals surface area contributed by atoms with Gasteiger partial charge in [0.25, 0.3) is 0 Å². The summed E-state index contributed by atoms with van der Waals surface area (Å²) in [6.45, 7) is 9.12. The molecule has 0 aromatic rings. The molecular weight excluding hydrogens is 336 g/mol. The monoisotopic (exact) mass is 362 g/mol. The molecule has 0 aromatic heterocycles. The molecule has 0 spiro atoms. The lowest BCUT2D eigenvalue weighted by molar-refractivity contribution is -0.148. The normalized spacial score (nSPS) is 39.2. The summed E-state index contributed by atoms with van der Waals surface area (Å²) in [5, 5.41) is 9.89. The highest BCUT2D eigenvalue weighted by Gasteiger charge is 2.59. The molecule has 2 heterocycles. The molecule has 0 saturated carbocycles. The Morgan fingerprint density at radius 1 is 1.54 bits per heavy atom. The molecule has 5 atom stereocenters. The van der Waals surface area contributed by atoms with Crippen molar-refractivity contribution in [1.82, 2.24) is 0 Å². The Hall–Kier alpha value is -1.92. The summed E-state index contributed by atoms with van der Waals surface area (Å²) in [7, 11) is 0. The van der Waals surface area contributed by atoms with Crippen LogP contribution in [0, 0.1) is 5.92 Å². The highest BCUT2D eigenvalue weighted by Crippen LogP contribution is 2.48. The average molecular weight is 362 g/mol. The molecule has 6 nitrogen and oxygen atoms in total. The fourth-order valence-electron chi connectivity index (χ4n) is 3.79. The molecule has 0 unspecified atom stereocenters. The van der Waals surface area contributed by atoms with Crippen LogP contribution in [0.4, 0.5) is 0 Å². The molecule has 1 N–H and O–H groups in total. The zero-order chi connectivity index (χ0) is 19.1. The summed E-state index contributed by atoms with van der Waals surface area (Å²) < 4.78 is 17.0. The molecule has 1 aliphatic carbocycles. The Labute approximate surface area is 153 Å². The van der Waals surface area contributed by atoms with Gasteiger partial charge in [-0.25, -0.2) is 9.59 Å². The molecule has 2 saturated heterocycles. The second-order valence-corrected chi connectivity index (χ2v) is 7.42. The number of carbonyl (C=O) groups is 2. The number of epoxide rings is 1. The van der Waals surface area contributed by atoms with Gasteiger partial charge in [-0.05, 0) is 39.7 Å². The zero-order valence-electron chi connectivity index (χ0n) is 15.5. The first-order valence-corrected chi connectivity index (χ1v) is 9.01. The lowest BCUT2D eigenvalue weighted by Gasteiger charge is -2.29. The van der Waals surface area contributed by atoms with Gasteiger partial charge in [0.05, 0.1) is 18.6 Å². The molecule has 0 aromatic carbocycles. The van der Waals surface area contributed by atoms with Gasteiger partial charge in [-0.3, -0.25) is 0 Å². The van der Waals surface area contributed by atoms with Crippen molar-refractivity contribution in [1.29, 1.82) is 0 Å². The van der Waals surface area contributed by atoms with E-state index in [4.69, 9.17) is 14.2 Å². The van der Waals surface area contributed by atoms with Gasteiger partial charge < -0.3 is 19.3 Å². The minimum absolute atomic E-state index is 0.0808. The number of hydrogen-bond donors (Lipinski definition) is 1. The van der Waals surface area contributed by atoms with Gasteiger partial charge in [0.15, 0.2) is 0 Å². The standard InChI is InChI=1S/C20H26O6/c1-5-12(3)18(22)25-15-9-20(10-21)16(26-20)7-6-11(2)8-14-17(15)13(4)19(23)24-14/h5,8,14-17,21H,4,6-7,9-10H2,1-3H3/b11-8+,12-5-/t14-,15-,16-,17+,20-/m1/s1. The van der Waals surface area contributed by atoms with E-state index in [1.54, 1.807) is 19.9 Å². The van der Waals surface area contributed by atoms with Gasteiger partial charge in [-0.1, -0.05) is 18.2 Å². The van der Waals surface area contributed by atoms with E-state index in [1.807, 2.05) is 13.0 Å². The molecule has 0 bridgehead atoms. The number of aliphatic hydroxyl groups is 1. The first kappa shape index (κ1) is 18.9. The van der Waals surface area contributed by atoms with E-state index in [0.717, 1.165) is 18.4 Å². The number of hydrogen-bond acceptors (Lipinski definition) is 6. The maximum atomic E-state index is 12.4. The summed E-state index contributed by atoms with van der Waals surface area (Å²) >= 11 is 0. The second kappa shape index (κ2) is 7.00. The number of ether oxygens (including phenoxy) is 3. The van der Waals surface area contributed by atoms with Crippen LogP contribution < -0.4 is 0 Å². The fraction of sp³-hybridized carbons (Fsp3) is 0.600. The van der Waals surface area contributed by atoms with Crippen LogP contribution in [0.2, 0.25) is 0 Å². The van der Waals surface area contributed by atoms with Gasteiger partial charge in [-0.2, -0.15) is 0 Å². The Morgan fingerprint density at radius 3 is 2.92 bits per heavy atom. The number of carbonyl (C=O) groups excluding carboxylic acids is 2. The maximum Gasteiger partial charge on any atom is 0.334 e. The highest BCUT2D eigenvalue weighted by atomic mass is 16.6. The quantitative estimate of drug-likeness (QED) is 0.359. The van der Waals surface area contributed by atoms with Crippen molar-refractivity contribution in [2.45, 2.75) is 63.9 Å². The first-order chi connectivity index (χ1) is 12.3. The molecule has 2 aliphatic heterocycles. The predicted octanol–water partition coefficient (Wildman–Crippen LogP) is 2.22. The van der Waals surface area contributed by atoms with Crippen LogP contribution in [-0.2, 0) is 23.8 Å². The van der Waals surface area contributed by atoms with Crippen molar-refractivity contribution in [3.05, 3.63) is 35.5 Å². The Kier molecular flexibility index (Phi) is 5.08. The van der Waals surface area contributed by atoms with Crippen molar-refractivity contribution in [3.8, 4) is 0 Å². The van der Waals surface area contributed by atoms with Crippen LogP contribution >= 0.6 is 0 Å². The highest BCUT2D eigenvalue weighted by molar-refractivity contribution is 5.92. The van der Waals surface area contributed by atoms with Crippen LogP contribution in [0.3, 0.4) is 0 Å². The van der Waals surface area contributed by atoms with Crippen LogP contribution in [0.5, 0.6) is 0 Å². The fourth-order valence-corrected chi connectivity index (χ4v) is 3.79. The van der Waals surface area contributed by atoms with Crippen LogP contribution in [0.15, 0.2) is 35.5 Å². The maximum absolute atomic E-state index is 12.4. The molecule has 3 rings (SSSR count). The molecular formula is C20H26O6. The van der Waals surface area contributed by atoms with Crippen LogP contribution in [0.25, 0.3) is 0 Å². The molecule has 26 heavy (non-hydrogen) atoms. The molecule has 0 radical (unpaired) electrons.